The van der Waals surface area contributed by atoms with Crippen molar-refractivity contribution in [2.45, 2.75) is 13.0 Å². The molecular weight excluding hydrogens is 475 g/mol. The summed E-state index contributed by atoms with van der Waals surface area (Å²) in [6.07, 6.45) is 4.45. The number of rotatable bonds is 5. The highest BCUT2D eigenvalue weighted by atomic mass is 35.5. The molecule has 1 aliphatic heterocycles. The van der Waals surface area contributed by atoms with Crippen molar-refractivity contribution in [1.29, 1.82) is 0 Å². The van der Waals surface area contributed by atoms with Crippen molar-refractivity contribution >= 4 is 45.6 Å². The minimum atomic E-state index is -0.390. The fraction of sp³-hybridized carbons (Fsp3) is 0.250. The molecule has 0 amide bonds. The Morgan fingerprint density at radius 1 is 1.15 bits per heavy atom. The first-order valence-electron chi connectivity index (χ1n) is 10.7. The van der Waals surface area contributed by atoms with Gasteiger partial charge in [-0.1, -0.05) is 23.2 Å². The fourth-order valence-corrected chi connectivity index (χ4v) is 4.71. The molecule has 172 valence electrons. The van der Waals surface area contributed by atoms with Gasteiger partial charge in [-0.25, -0.2) is 4.85 Å². The normalized spacial score (nSPS) is 14.7. The molecule has 0 radical (unpaired) electrons. The molecule has 0 bridgehead atoms. The molecule has 10 heteroatoms. The second-order valence-electron chi connectivity index (χ2n) is 7.83. The number of hydrogen-bond acceptors (Lipinski definition) is 6. The lowest BCUT2D eigenvalue weighted by Crippen LogP contribution is -2.36. The molecule has 0 saturated carbocycles. The van der Waals surface area contributed by atoms with Crippen molar-refractivity contribution < 1.29 is 9.47 Å². The minimum Gasteiger partial charge on any atom is -0.486 e. The first-order chi connectivity index (χ1) is 16.5. The van der Waals surface area contributed by atoms with Crippen LogP contribution in [0.4, 0.5) is 11.5 Å². The van der Waals surface area contributed by atoms with Gasteiger partial charge >= 0.3 is 0 Å². The van der Waals surface area contributed by atoms with Crippen molar-refractivity contribution in [2.24, 2.45) is 0 Å². The Hall–Kier alpha value is -3.38. The first kappa shape index (κ1) is 22.4. The summed E-state index contributed by atoms with van der Waals surface area (Å²) in [4.78, 5) is 14.4. The maximum absolute atomic E-state index is 7.67. The lowest BCUT2D eigenvalue weighted by molar-refractivity contribution is 0.122. The monoisotopic (exact) mass is 494 g/mol. The highest BCUT2D eigenvalue weighted by Crippen LogP contribution is 2.36. The lowest BCUT2D eigenvalue weighted by atomic mass is 10.1. The van der Waals surface area contributed by atoms with Gasteiger partial charge in [-0.05, 0) is 31.2 Å². The van der Waals surface area contributed by atoms with E-state index < -0.39 is 0 Å². The summed E-state index contributed by atoms with van der Waals surface area (Å²) < 4.78 is 11.6. The number of benzene rings is 1. The summed E-state index contributed by atoms with van der Waals surface area (Å²) in [6, 6.07) is 7.48. The average molecular weight is 495 g/mol. The smallest absolute Gasteiger partial charge is 0.229 e. The van der Waals surface area contributed by atoms with Gasteiger partial charge in [0.1, 0.15) is 23.4 Å². The molecule has 0 spiro atoms. The lowest BCUT2D eigenvalue weighted by Gasteiger charge is -2.28. The van der Waals surface area contributed by atoms with E-state index >= 15 is 0 Å². The summed E-state index contributed by atoms with van der Waals surface area (Å²) in [7, 11) is 0. The van der Waals surface area contributed by atoms with E-state index in [0.717, 1.165) is 16.5 Å². The van der Waals surface area contributed by atoms with Crippen molar-refractivity contribution in [2.75, 3.05) is 31.2 Å². The Labute approximate surface area is 206 Å². The van der Waals surface area contributed by atoms with Gasteiger partial charge in [0.15, 0.2) is 0 Å². The van der Waals surface area contributed by atoms with E-state index in [1.165, 1.54) is 0 Å². The van der Waals surface area contributed by atoms with Crippen molar-refractivity contribution in [3.05, 3.63) is 69.9 Å². The van der Waals surface area contributed by atoms with Crippen LogP contribution in [-0.4, -0.2) is 46.5 Å². The Morgan fingerprint density at radius 3 is 2.65 bits per heavy atom. The van der Waals surface area contributed by atoms with Crippen LogP contribution in [0.25, 0.3) is 27.0 Å². The molecule has 1 N–H and O–H groups in total. The molecule has 4 heterocycles. The topological polar surface area (TPSA) is 80.5 Å². The predicted octanol–water partition coefficient (Wildman–Crippen LogP) is 5.85. The zero-order valence-corrected chi connectivity index (χ0v) is 19.8. The first-order valence-corrected chi connectivity index (χ1v) is 11.4. The maximum Gasteiger partial charge on any atom is 0.229 e. The van der Waals surface area contributed by atoms with E-state index in [2.05, 4.69) is 29.9 Å². The molecule has 5 rings (SSSR count). The van der Waals surface area contributed by atoms with Gasteiger partial charge in [0.05, 0.1) is 35.3 Å². The fourth-order valence-electron chi connectivity index (χ4n) is 4.04. The Morgan fingerprint density at radius 2 is 1.91 bits per heavy atom. The number of nitrogens with zero attached hydrogens (tertiary/aromatic N) is 5. The highest BCUT2D eigenvalue weighted by molar-refractivity contribution is 6.35. The molecule has 1 aliphatic rings. The largest absolute Gasteiger partial charge is 0.486 e. The Bertz CT molecular complexity index is 1370. The Balaban J connectivity index is 1.47. The van der Waals surface area contributed by atoms with Gasteiger partial charge < -0.3 is 14.4 Å². The summed E-state index contributed by atoms with van der Waals surface area (Å²) in [6.45, 7) is 12.2. The van der Waals surface area contributed by atoms with Gasteiger partial charge in [-0.2, -0.15) is 5.10 Å². The number of hydrogen-bond donors (Lipinski definition) is 1. The van der Waals surface area contributed by atoms with Crippen molar-refractivity contribution in [3.8, 4) is 17.0 Å². The van der Waals surface area contributed by atoms with E-state index in [1.54, 1.807) is 18.6 Å². The van der Waals surface area contributed by atoms with E-state index in [9.17, 15) is 0 Å². The number of halogens is 2. The third-order valence-electron chi connectivity index (χ3n) is 5.70. The van der Waals surface area contributed by atoms with Crippen molar-refractivity contribution in [1.82, 2.24) is 20.2 Å². The van der Waals surface area contributed by atoms with Crippen LogP contribution in [0.5, 0.6) is 5.75 Å². The number of fused-ring (bicyclic) bond motifs is 1. The van der Waals surface area contributed by atoms with Crippen LogP contribution >= 0.6 is 23.2 Å². The molecule has 3 aromatic heterocycles. The molecular formula is C24H20Cl2N6O2. The van der Waals surface area contributed by atoms with Crippen LogP contribution in [0.2, 0.25) is 10.0 Å². The van der Waals surface area contributed by atoms with Gasteiger partial charge in [0.2, 0.25) is 5.69 Å². The summed E-state index contributed by atoms with van der Waals surface area (Å²) >= 11 is 12.6. The van der Waals surface area contributed by atoms with Gasteiger partial charge in [0, 0.05) is 48.2 Å². The van der Waals surface area contributed by atoms with Crippen LogP contribution in [0.15, 0.2) is 42.9 Å². The third-order valence-corrected chi connectivity index (χ3v) is 6.30. The van der Waals surface area contributed by atoms with Crippen molar-refractivity contribution in [3.63, 3.8) is 0 Å². The van der Waals surface area contributed by atoms with Gasteiger partial charge in [-0.15, -0.1) is 0 Å². The molecule has 1 atom stereocenters. The molecule has 1 saturated heterocycles. The predicted molar refractivity (Wildman–Crippen MR) is 132 cm³/mol. The zero-order valence-electron chi connectivity index (χ0n) is 18.3. The molecule has 8 nitrogen and oxygen atoms in total. The third kappa shape index (κ3) is 4.26. The average Bonchev–Trinajstić information content (AvgIpc) is 3.27. The molecule has 1 fully saturated rings. The van der Waals surface area contributed by atoms with E-state index in [0.29, 0.717) is 64.9 Å². The molecule has 4 aromatic rings. The number of pyridine rings is 2. The molecule has 1 aromatic carbocycles. The molecule has 0 aliphatic carbocycles. The summed E-state index contributed by atoms with van der Waals surface area (Å²) in [5.41, 5.74) is 3.45. The number of aromatic nitrogens is 4. The van der Waals surface area contributed by atoms with Crippen LogP contribution in [0.1, 0.15) is 18.6 Å². The maximum atomic E-state index is 7.67. The summed E-state index contributed by atoms with van der Waals surface area (Å²) in [5, 5.41) is 9.28. The van der Waals surface area contributed by atoms with Gasteiger partial charge in [0.25, 0.3) is 0 Å². The van der Waals surface area contributed by atoms with E-state index in [1.807, 2.05) is 31.2 Å². The molecule has 0 unspecified atom stereocenters. The van der Waals surface area contributed by atoms with Gasteiger partial charge in [-0.3, -0.25) is 15.1 Å². The van der Waals surface area contributed by atoms with E-state index in [-0.39, 0.29) is 6.10 Å². The highest BCUT2D eigenvalue weighted by Gasteiger charge is 2.20. The number of anilines is 1. The van der Waals surface area contributed by atoms with Crippen LogP contribution in [0, 0.1) is 6.57 Å². The number of aromatic amines is 1. The SMILES string of the molecule is [C-]#[N+]c1cc(-c2n[nH]c3ccc(O[C@H](C)c4c(Cl)cncc4Cl)cc23)cnc1N1CCOCC1. The zero-order chi connectivity index (χ0) is 23.7. The second kappa shape index (κ2) is 9.47. The Kier molecular flexibility index (Phi) is 6.24. The molecule has 34 heavy (non-hydrogen) atoms. The standard InChI is InChI=1S/C24H20Cl2N6O2/c1-14(22-18(25)12-28-13-19(22)26)34-16-3-4-20-17(10-16)23(31-30-20)15-9-21(27-2)24(29-11-15)32-5-7-33-8-6-32/h3-4,9-14H,5-8H2,1H3,(H,30,31)/t14-/m1/s1. The number of morpholine rings is 1. The number of ether oxygens (including phenoxy) is 2. The second-order valence-corrected chi connectivity index (χ2v) is 8.65. The van der Waals surface area contributed by atoms with Crippen LogP contribution < -0.4 is 9.64 Å². The van der Waals surface area contributed by atoms with Crippen LogP contribution in [-0.2, 0) is 4.74 Å². The van der Waals surface area contributed by atoms with Crippen LogP contribution in [0.3, 0.4) is 0 Å². The summed E-state index contributed by atoms with van der Waals surface area (Å²) in [5.74, 6) is 1.31. The number of nitrogens with one attached hydrogen (secondary N) is 1. The minimum absolute atomic E-state index is 0.390. The quantitative estimate of drug-likeness (QED) is 0.350. The number of H-pyrrole nitrogens is 1. The van der Waals surface area contributed by atoms with E-state index in [4.69, 9.17) is 39.2 Å².